The van der Waals surface area contributed by atoms with Gasteiger partial charge in [0.15, 0.2) is 12.1 Å². The van der Waals surface area contributed by atoms with Crippen LogP contribution in [-0.2, 0) is 9.59 Å². The molecule has 2 aromatic carbocycles. The third-order valence-electron chi connectivity index (χ3n) is 4.45. The molecule has 0 aromatic heterocycles. The summed E-state index contributed by atoms with van der Waals surface area (Å²) in [5.41, 5.74) is 0.946. The van der Waals surface area contributed by atoms with Crippen molar-refractivity contribution in [2.24, 2.45) is 10.3 Å². The van der Waals surface area contributed by atoms with Crippen molar-refractivity contribution in [3.63, 3.8) is 0 Å². The molecule has 0 N–H and O–H groups in total. The highest BCUT2D eigenvalue weighted by Crippen LogP contribution is 2.37. The fraction of sp³-hybridized carbons (Fsp3) is 0.222. The number of carbonyl (C=O) groups is 2. The van der Waals surface area contributed by atoms with Crippen LogP contribution >= 0.6 is 11.6 Å². The maximum absolute atomic E-state index is 13.1. The van der Waals surface area contributed by atoms with Crippen molar-refractivity contribution in [1.29, 1.82) is 0 Å². The number of amides is 2. The number of rotatable bonds is 4. The van der Waals surface area contributed by atoms with Gasteiger partial charge in [0, 0.05) is 23.2 Å². The van der Waals surface area contributed by atoms with Crippen LogP contribution in [0, 0.1) is 0 Å². The maximum atomic E-state index is 13.1. The smallest absolute Gasteiger partial charge is 0.263 e. The summed E-state index contributed by atoms with van der Waals surface area (Å²) in [6.07, 6.45) is 0. The Labute approximate surface area is 159 Å². The van der Waals surface area contributed by atoms with E-state index in [1.54, 1.807) is 42.5 Å². The van der Waals surface area contributed by atoms with Crippen LogP contribution in [0.3, 0.4) is 0 Å². The summed E-state index contributed by atoms with van der Waals surface area (Å²) < 4.78 is 10.5. The van der Waals surface area contributed by atoms with E-state index in [0.29, 0.717) is 27.9 Å². The fourth-order valence-corrected chi connectivity index (χ4v) is 3.35. The molecule has 2 atom stereocenters. The molecule has 2 amide bonds. The zero-order valence-electron chi connectivity index (χ0n) is 14.5. The lowest BCUT2D eigenvalue weighted by molar-refractivity contribution is -0.121. The predicted octanol–water partition coefficient (Wildman–Crippen LogP) is 2.86. The first-order valence-electron chi connectivity index (χ1n) is 8.10. The van der Waals surface area contributed by atoms with Crippen LogP contribution in [0.15, 0.2) is 52.8 Å². The van der Waals surface area contributed by atoms with Gasteiger partial charge in [0.05, 0.1) is 25.6 Å². The molecule has 2 aliphatic rings. The summed E-state index contributed by atoms with van der Waals surface area (Å²) in [6, 6.07) is 9.97. The topological polar surface area (TPSA) is 83.8 Å². The van der Waals surface area contributed by atoms with Crippen molar-refractivity contribution in [3.05, 3.63) is 47.5 Å². The highest BCUT2D eigenvalue weighted by Gasteiger charge is 2.55. The van der Waals surface area contributed by atoms with E-state index in [2.05, 4.69) is 10.3 Å². The van der Waals surface area contributed by atoms with Gasteiger partial charge in [0.2, 0.25) is 0 Å². The molecule has 0 saturated carbocycles. The van der Waals surface area contributed by atoms with Gasteiger partial charge in [0.25, 0.3) is 11.8 Å². The number of ether oxygens (including phenoxy) is 2. The summed E-state index contributed by atoms with van der Waals surface area (Å²) >= 11 is 6.03. The summed E-state index contributed by atoms with van der Waals surface area (Å²) in [7, 11) is 2.99. The molecule has 9 heteroatoms. The molecule has 0 aliphatic carbocycles. The van der Waals surface area contributed by atoms with Gasteiger partial charge in [-0.1, -0.05) is 22.9 Å². The average Bonchev–Trinajstić information content (AvgIpc) is 3.21. The molecule has 8 nitrogen and oxygen atoms in total. The molecule has 2 unspecified atom stereocenters. The molecule has 0 spiro atoms. The van der Waals surface area contributed by atoms with Crippen LogP contribution in [0.1, 0.15) is 0 Å². The lowest BCUT2D eigenvalue weighted by Crippen LogP contribution is -2.39. The number of benzene rings is 2. The number of methoxy groups -OCH3 is 2. The highest BCUT2D eigenvalue weighted by atomic mass is 35.5. The Balaban J connectivity index is 1.72. The normalized spacial score (nSPS) is 21.0. The SMILES string of the molecule is COc1cc(OC)cc(N2C(=O)C3N=NN(c4cccc(Cl)c4)C3C2=O)c1. The fourth-order valence-electron chi connectivity index (χ4n) is 3.17. The molecule has 2 aliphatic heterocycles. The van der Waals surface area contributed by atoms with Gasteiger partial charge in [-0.25, -0.2) is 9.91 Å². The molecule has 27 heavy (non-hydrogen) atoms. The minimum Gasteiger partial charge on any atom is -0.497 e. The molecule has 0 bridgehead atoms. The first kappa shape index (κ1) is 17.3. The van der Waals surface area contributed by atoms with Crippen LogP contribution in [0.2, 0.25) is 5.02 Å². The number of imide groups is 1. The molecule has 138 valence electrons. The van der Waals surface area contributed by atoms with Crippen LogP contribution < -0.4 is 19.4 Å². The van der Waals surface area contributed by atoms with Gasteiger partial charge in [-0.15, -0.1) is 0 Å². The van der Waals surface area contributed by atoms with Crippen molar-refractivity contribution in [2.75, 3.05) is 24.1 Å². The largest absolute Gasteiger partial charge is 0.497 e. The van der Waals surface area contributed by atoms with Crippen molar-refractivity contribution < 1.29 is 19.1 Å². The summed E-state index contributed by atoms with van der Waals surface area (Å²) in [6.45, 7) is 0. The molecular formula is C18H15ClN4O4. The number of hydrogen-bond donors (Lipinski definition) is 0. The first-order valence-corrected chi connectivity index (χ1v) is 8.47. The van der Waals surface area contributed by atoms with Crippen LogP contribution in [0.25, 0.3) is 0 Å². The second-order valence-corrected chi connectivity index (χ2v) is 6.44. The quantitative estimate of drug-likeness (QED) is 0.754. The molecule has 2 heterocycles. The van der Waals surface area contributed by atoms with Gasteiger partial charge in [-0.3, -0.25) is 9.59 Å². The molecule has 4 rings (SSSR count). The van der Waals surface area contributed by atoms with Gasteiger partial charge in [0.1, 0.15) is 11.5 Å². The maximum Gasteiger partial charge on any atom is 0.263 e. The number of halogens is 1. The Bertz CT molecular complexity index is 942. The van der Waals surface area contributed by atoms with Crippen molar-refractivity contribution in [1.82, 2.24) is 0 Å². The number of hydrogen-bond acceptors (Lipinski definition) is 7. The summed E-state index contributed by atoms with van der Waals surface area (Å²) in [5.74, 6) is 0.0598. The monoisotopic (exact) mass is 386 g/mol. The van der Waals surface area contributed by atoms with E-state index in [1.165, 1.54) is 19.2 Å². The van der Waals surface area contributed by atoms with Crippen molar-refractivity contribution >= 4 is 34.8 Å². The van der Waals surface area contributed by atoms with Crippen LogP contribution in [-0.4, -0.2) is 38.1 Å². The number of anilines is 2. The Morgan fingerprint density at radius 2 is 1.67 bits per heavy atom. The minimum atomic E-state index is -0.909. The van der Waals surface area contributed by atoms with E-state index in [4.69, 9.17) is 21.1 Å². The van der Waals surface area contributed by atoms with Gasteiger partial charge >= 0.3 is 0 Å². The molecule has 1 fully saturated rings. The highest BCUT2D eigenvalue weighted by molar-refractivity contribution is 6.31. The van der Waals surface area contributed by atoms with Gasteiger partial charge < -0.3 is 9.47 Å². The summed E-state index contributed by atoms with van der Waals surface area (Å²) in [4.78, 5) is 27.0. The van der Waals surface area contributed by atoms with Crippen LogP contribution in [0.4, 0.5) is 11.4 Å². The average molecular weight is 387 g/mol. The van der Waals surface area contributed by atoms with E-state index in [0.717, 1.165) is 4.90 Å². The Kier molecular flexibility index (Phi) is 4.19. The third-order valence-corrected chi connectivity index (χ3v) is 4.68. The summed E-state index contributed by atoms with van der Waals surface area (Å²) in [5, 5.41) is 9.94. The van der Waals surface area contributed by atoms with E-state index < -0.39 is 23.9 Å². The Morgan fingerprint density at radius 3 is 2.30 bits per heavy atom. The van der Waals surface area contributed by atoms with Crippen LogP contribution in [0.5, 0.6) is 11.5 Å². The number of carbonyl (C=O) groups excluding carboxylic acids is 2. The lowest BCUT2D eigenvalue weighted by Gasteiger charge is -2.21. The predicted molar refractivity (Wildman–Crippen MR) is 98.4 cm³/mol. The standard InChI is InChI=1S/C18H15ClN4O4/c1-26-13-7-12(8-14(9-13)27-2)22-17(24)15-16(18(22)25)23(21-20-15)11-5-3-4-10(19)6-11/h3-9,15-16H,1-2H3. The zero-order valence-corrected chi connectivity index (χ0v) is 15.3. The zero-order chi connectivity index (χ0) is 19.1. The Hall–Kier alpha value is -3.13. The first-order chi connectivity index (χ1) is 13.0. The molecular weight excluding hydrogens is 372 g/mol. The second-order valence-electron chi connectivity index (χ2n) is 6.00. The van der Waals surface area contributed by atoms with Gasteiger partial charge in [-0.2, -0.15) is 5.11 Å². The van der Waals surface area contributed by atoms with E-state index in [9.17, 15) is 9.59 Å². The van der Waals surface area contributed by atoms with Gasteiger partial charge in [-0.05, 0) is 18.2 Å². The molecule has 1 saturated heterocycles. The third kappa shape index (κ3) is 2.78. The van der Waals surface area contributed by atoms with E-state index in [-0.39, 0.29) is 0 Å². The van der Waals surface area contributed by atoms with Crippen molar-refractivity contribution in [2.45, 2.75) is 12.1 Å². The lowest BCUT2D eigenvalue weighted by atomic mass is 10.1. The second kappa shape index (κ2) is 6.55. The molecule has 0 radical (unpaired) electrons. The number of nitrogens with zero attached hydrogens (tertiary/aromatic N) is 4. The van der Waals surface area contributed by atoms with E-state index in [1.807, 2.05) is 0 Å². The molecule has 2 aromatic rings. The number of fused-ring (bicyclic) bond motifs is 1. The van der Waals surface area contributed by atoms with E-state index >= 15 is 0 Å². The Morgan fingerprint density at radius 1 is 0.963 bits per heavy atom. The van der Waals surface area contributed by atoms with Crippen molar-refractivity contribution in [3.8, 4) is 11.5 Å². The minimum absolute atomic E-state index is 0.358.